The van der Waals surface area contributed by atoms with E-state index in [9.17, 15) is 0 Å². The van der Waals surface area contributed by atoms with Crippen molar-refractivity contribution in [1.82, 2.24) is 5.32 Å². The SMILES string of the molecule is C=C(CCCCCCCO)CC(C)CCC.C[CH-]NCCCC.[Y]. The smallest absolute Gasteiger partial charge is 0.0431 e. The second-order valence-electron chi connectivity index (χ2n) is 6.69. The number of hydrogen-bond donors (Lipinski definition) is 2. The molecule has 0 bridgehead atoms. The van der Waals surface area contributed by atoms with E-state index in [0.29, 0.717) is 6.61 Å². The maximum Gasteiger partial charge on any atom is 0.0431 e. The summed E-state index contributed by atoms with van der Waals surface area (Å²) < 4.78 is 0. The van der Waals surface area contributed by atoms with E-state index in [2.05, 4.69) is 32.7 Å². The molecular formula is C21H44NOY-. The Morgan fingerprint density at radius 3 is 2.21 bits per heavy atom. The first-order chi connectivity index (χ1) is 11.1. The van der Waals surface area contributed by atoms with Gasteiger partial charge < -0.3 is 10.4 Å². The number of rotatable bonds is 15. The molecule has 143 valence electrons. The van der Waals surface area contributed by atoms with Crippen molar-refractivity contribution in [3.63, 3.8) is 0 Å². The van der Waals surface area contributed by atoms with E-state index in [4.69, 9.17) is 5.11 Å². The van der Waals surface area contributed by atoms with Crippen LogP contribution in [0.2, 0.25) is 0 Å². The number of hydrogen-bond acceptors (Lipinski definition) is 2. The van der Waals surface area contributed by atoms with Gasteiger partial charge in [0.1, 0.15) is 0 Å². The fourth-order valence-corrected chi connectivity index (χ4v) is 2.63. The molecule has 0 amide bonds. The molecule has 0 aliphatic carbocycles. The van der Waals surface area contributed by atoms with Crippen LogP contribution in [0.3, 0.4) is 0 Å². The average Bonchev–Trinajstić information content (AvgIpc) is 2.52. The molecular weight excluding hydrogens is 371 g/mol. The molecule has 0 fully saturated rings. The van der Waals surface area contributed by atoms with Crippen LogP contribution in [0.1, 0.15) is 98.3 Å². The number of unbranched alkanes of at least 4 members (excludes halogenated alkanes) is 5. The summed E-state index contributed by atoms with van der Waals surface area (Å²) in [6, 6.07) is 0. The van der Waals surface area contributed by atoms with Crippen LogP contribution in [0, 0.1) is 12.5 Å². The molecule has 0 saturated heterocycles. The Hall–Kier alpha value is 0.764. The van der Waals surface area contributed by atoms with Crippen molar-refractivity contribution in [1.29, 1.82) is 0 Å². The quantitative estimate of drug-likeness (QED) is 0.188. The molecule has 2 N–H and O–H groups in total. The van der Waals surface area contributed by atoms with Gasteiger partial charge in [0, 0.05) is 39.3 Å². The predicted molar refractivity (Wildman–Crippen MR) is 106 cm³/mol. The number of aliphatic hydroxyl groups excluding tert-OH is 1. The minimum atomic E-state index is 0. The Bertz CT molecular complexity index is 230. The van der Waals surface area contributed by atoms with E-state index < -0.39 is 0 Å². The second kappa shape index (κ2) is 26.0. The first-order valence-electron chi connectivity index (χ1n) is 9.90. The van der Waals surface area contributed by atoms with E-state index in [0.717, 1.165) is 18.9 Å². The van der Waals surface area contributed by atoms with E-state index in [-0.39, 0.29) is 32.7 Å². The van der Waals surface area contributed by atoms with Crippen molar-refractivity contribution < 1.29 is 37.8 Å². The summed E-state index contributed by atoms with van der Waals surface area (Å²) >= 11 is 0. The van der Waals surface area contributed by atoms with Gasteiger partial charge in [0.15, 0.2) is 0 Å². The van der Waals surface area contributed by atoms with Crippen molar-refractivity contribution in [2.24, 2.45) is 5.92 Å². The minimum Gasteiger partial charge on any atom is -0.470 e. The molecule has 0 aliphatic heterocycles. The van der Waals surface area contributed by atoms with Crippen LogP contribution >= 0.6 is 0 Å². The molecule has 0 heterocycles. The normalized spacial score (nSPS) is 11.2. The summed E-state index contributed by atoms with van der Waals surface area (Å²) in [5, 5.41) is 11.8. The maximum atomic E-state index is 8.65. The standard InChI is InChI=1S/C15H30O.C6H14N.Y/c1-4-10-14(2)13-15(3)11-8-6-5-7-9-12-16;1-3-5-6-7-4-2;/h14,16H,3-13H2,1-2H3;4,7H,3,5-6H2,1-2H3;/q;-1;. The third-order valence-corrected chi connectivity index (χ3v) is 3.99. The predicted octanol–water partition coefficient (Wildman–Crippen LogP) is 6.26. The largest absolute Gasteiger partial charge is 0.470 e. The van der Waals surface area contributed by atoms with Gasteiger partial charge in [0.2, 0.25) is 0 Å². The Balaban J connectivity index is -0.000000468. The first-order valence-corrected chi connectivity index (χ1v) is 9.90. The van der Waals surface area contributed by atoms with Gasteiger partial charge in [0.05, 0.1) is 0 Å². The number of allylic oxidation sites excluding steroid dienone is 1. The Kier molecular flexibility index (Phi) is 32.0. The Morgan fingerprint density at radius 1 is 1.04 bits per heavy atom. The van der Waals surface area contributed by atoms with E-state index in [1.165, 1.54) is 69.8 Å². The van der Waals surface area contributed by atoms with Gasteiger partial charge in [-0.25, -0.2) is 0 Å². The van der Waals surface area contributed by atoms with Gasteiger partial charge in [-0.05, 0) is 44.6 Å². The third kappa shape index (κ3) is 27.6. The first kappa shape index (κ1) is 29.5. The summed E-state index contributed by atoms with van der Waals surface area (Å²) in [4.78, 5) is 0. The molecule has 1 radical (unpaired) electrons. The number of nitrogens with one attached hydrogen (secondary N) is 1. The Morgan fingerprint density at radius 2 is 1.67 bits per heavy atom. The molecule has 1 atom stereocenters. The van der Waals surface area contributed by atoms with Crippen LogP contribution in [-0.4, -0.2) is 18.3 Å². The summed E-state index contributed by atoms with van der Waals surface area (Å²) in [6.45, 7) is 16.4. The van der Waals surface area contributed by atoms with Crippen molar-refractivity contribution in [2.75, 3.05) is 13.2 Å². The van der Waals surface area contributed by atoms with Crippen molar-refractivity contribution >= 4 is 0 Å². The summed E-state index contributed by atoms with van der Waals surface area (Å²) in [5.41, 5.74) is 1.43. The van der Waals surface area contributed by atoms with Gasteiger partial charge in [-0.15, -0.1) is 0 Å². The molecule has 0 spiro atoms. The zero-order chi connectivity index (χ0) is 17.8. The summed E-state index contributed by atoms with van der Waals surface area (Å²) in [7, 11) is 0. The van der Waals surface area contributed by atoms with Crippen LogP contribution in [0.4, 0.5) is 0 Å². The van der Waals surface area contributed by atoms with Crippen LogP contribution in [0.25, 0.3) is 0 Å². The molecule has 24 heavy (non-hydrogen) atoms. The van der Waals surface area contributed by atoms with Gasteiger partial charge in [-0.3, -0.25) is 6.54 Å². The van der Waals surface area contributed by atoms with Crippen LogP contribution in [-0.2, 0) is 32.7 Å². The molecule has 0 saturated carbocycles. The monoisotopic (exact) mass is 415 g/mol. The second-order valence-corrected chi connectivity index (χ2v) is 6.69. The number of aliphatic hydroxyl groups is 1. The molecule has 0 aromatic rings. The van der Waals surface area contributed by atoms with Gasteiger partial charge in [-0.1, -0.05) is 71.4 Å². The van der Waals surface area contributed by atoms with E-state index in [1.807, 2.05) is 13.5 Å². The zero-order valence-corrected chi connectivity index (χ0v) is 19.9. The van der Waals surface area contributed by atoms with Crippen molar-refractivity contribution in [3.05, 3.63) is 18.7 Å². The van der Waals surface area contributed by atoms with Gasteiger partial charge >= 0.3 is 0 Å². The van der Waals surface area contributed by atoms with E-state index >= 15 is 0 Å². The summed E-state index contributed by atoms with van der Waals surface area (Å²) in [5.74, 6) is 0.812. The molecule has 2 nitrogen and oxygen atoms in total. The van der Waals surface area contributed by atoms with Crippen LogP contribution < -0.4 is 5.32 Å². The van der Waals surface area contributed by atoms with Crippen molar-refractivity contribution in [2.45, 2.75) is 98.3 Å². The average molecular weight is 415 g/mol. The van der Waals surface area contributed by atoms with Gasteiger partial charge in [0.25, 0.3) is 0 Å². The topological polar surface area (TPSA) is 32.3 Å². The molecule has 0 aromatic heterocycles. The van der Waals surface area contributed by atoms with Crippen LogP contribution in [0.5, 0.6) is 0 Å². The summed E-state index contributed by atoms with van der Waals surface area (Å²) in [6.07, 6.45) is 13.6. The fraction of sp³-hybridized carbons (Fsp3) is 0.857. The molecule has 0 aromatic carbocycles. The van der Waals surface area contributed by atoms with Crippen molar-refractivity contribution in [3.8, 4) is 0 Å². The minimum absolute atomic E-state index is 0. The van der Waals surface area contributed by atoms with Crippen LogP contribution in [0.15, 0.2) is 12.2 Å². The van der Waals surface area contributed by atoms with Gasteiger partial charge in [-0.2, -0.15) is 6.92 Å². The molecule has 1 unspecified atom stereocenters. The third-order valence-electron chi connectivity index (χ3n) is 3.99. The molecule has 0 aliphatic rings. The molecule has 0 rings (SSSR count). The molecule has 3 heteroatoms. The maximum absolute atomic E-state index is 8.65. The van der Waals surface area contributed by atoms with E-state index in [1.54, 1.807) is 0 Å². The fourth-order valence-electron chi connectivity index (χ4n) is 2.63. The zero-order valence-electron chi connectivity index (χ0n) is 17.1. The Labute approximate surface area is 178 Å².